The number of alkyl halides is 1. The molecule has 1 N–H and O–H groups in total. The largest absolute Gasteiger partial charge is 0.395 e. The molecule has 0 unspecified atom stereocenters. The molecule has 0 radical (unpaired) electrons. The highest BCUT2D eigenvalue weighted by atomic mass is 19.1. The van der Waals surface area contributed by atoms with Crippen molar-refractivity contribution in [3.8, 4) is 0 Å². The minimum atomic E-state index is -0.214. The molecule has 1 aliphatic rings. The van der Waals surface area contributed by atoms with E-state index in [0.717, 1.165) is 13.1 Å². The molecule has 0 amide bonds. The molecular formula is C7H14FNO. The molecule has 3 heteroatoms. The second kappa shape index (κ2) is 3.30. The van der Waals surface area contributed by atoms with E-state index in [4.69, 9.17) is 5.11 Å². The Morgan fingerprint density at radius 1 is 1.70 bits per heavy atom. The summed E-state index contributed by atoms with van der Waals surface area (Å²) in [4.78, 5) is 2.09. The van der Waals surface area contributed by atoms with Gasteiger partial charge >= 0.3 is 0 Å². The second-order valence-corrected chi connectivity index (χ2v) is 3.01. The summed E-state index contributed by atoms with van der Waals surface area (Å²) in [6, 6.07) is 0.211. The lowest BCUT2D eigenvalue weighted by molar-refractivity contribution is 0.0219. The van der Waals surface area contributed by atoms with Crippen LogP contribution >= 0.6 is 0 Å². The van der Waals surface area contributed by atoms with Gasteiger partial charge in [-0.1, -0.05) is 0 Å². The monoisotopic (exact) mass is 147 g/mol. The fourth-order valence-electron chi connectivity index (χ4n) is 1.18. The fourth-order valence-corrected chi connectivity index (χ4v) is 1.18. The molecule has 1 rings (SSSR count). The van der Waals surface area contributed by atoms with Crippen molar-refractivity contribution >= 4 is 0 Å². The van der Waals surface area contributed by atoms with Gasteiger partial charge < -0.3 is 5.11 Å². The van der Waals surface area contributed by atoms with Gasteiger partial charge in [-0.15, -0.1) is 0 Å². The first-order valence-corrected chi connectivity index (χ1v) is 3.68. The summed E-state index contributed by atoms with van der Waals surface area (Å²) < 4.78 is 11.9. The molecule has 0 saturated carbocycles. The standard InChI is InChI=1S/C7H14FNO/c1-6(5-10)9-3-7(2-8)4-9/h6-7,10H,2-5H2,1H3/t6-/m0/s1. The Morgan fingerprint density at radius 2 is 2.30 bits per heavy atom. The van der Waals surface area contributed by atoms with Crippen LogP contribution in [0.2, 0.25) is 0 Å². The summed E-state index contributed by atoms with van der Waals surface area (Å²) in [5.41, 5.74) is 0. The third kappa shape index (κ3) is 1.47. The Bertz CT molecular complexity index is 104. The van der Waals surface area contributed by atoms with Crippen LogP contribution in [0.15, 0.2) is 0 Å². The summed E-state index contributed by atoms with van der Waals surface area (Å²) in [7, 11) is 0. The molecule has 0 aromatic heterocycles. The van der Waals surface area contributed by atoms with Crippen LogP contribution in [0.1, 0.15) is 6.92 Å². The normalized spacial score (nSPS) is 24.3. The van der Waals surface area contributed by atoms with E-state index >= 15 is 0 Å². The molecule has 0 aromatic rings. The van der Waals surface area contributed by atoms with Gasteiger partial charge in [-0.05, 0) is 6.92 Å². The highest BCUT2D eigenvalue weighted by Crippen LogP contribution is 2.18. The molecule has 0 aliphatic carbocycles. The van der Waals surface area contributed by atoms with Crippen molar-refractivity contribution in [1.82, 2.24) is 4.90 Å². The van der Waals surface area contributed by atoms with Crippen molar-refractivity contribution in [2.45, 2.75) is 13.0 Å². The zero-order chi connectivity index (χ0) is 7.56. The Morgan fingerprint density at radius 3 is 2.70 bits per heavy atom. The maximum atomic E-state index is 11.9. The summed E-state index contributed by atoms with van der Waals surface area (Å²) >= 11 is 0. The van der Waals surface area contributed by atoms with Crippen LogP contribution < -0.4 is 0 Å². The molecular weight excluding hydrogens is 133 g/mol. The molecule has 1 aliphatic heterocycles. The Kier molecular flexibility index (Phi) is 2.63. The molecule has 1 saturated heterocycles. The Hall–Kier alpha value is -0.150. The molecule has 0 spiro atoms. The zero-order valence-electron chi connectivity index (χ0n) is 6.26. The number of hydrogen-bond acceptors (Lipinski definition) is 2. The first kappa shape index (κ1) is 7.95. The molecule has 60 valence electrons. The van der Waals surface area contributed by atoms with Crippen LogP contribution in [0.5, 0.6) is 0 Å². The Balaban J connectivity index is 2.13. The summed E-state index contributed by atoms with van der Waals surface area (Å²) in [6.45, 7) is 3.55. The molecule has 0 aromatic carbocycles. The van der Waals surface area contributed by atoms with Crippen LogP contribution in [0.25, 0.3) is 0 Å². The summed E-state index contributed by atoms with van der Waals surface area (Å²) in [6.07, 6.45) is 0. The molecule has 10 heavy (non-hydrogen) atoms. The molecule has 2 nitrogen and oxygen atoms in total. The Labute approximate surface area is 60.6 Å². The molecule has 1 atom stereocenters. The molecule has 0 bridgehead atoms. The SMILES string of the molecule is C[C@@H](CO)N1CC(CF)C1. The molecule has 1 heterocycles. The van der Waals surface area contributed by atoms with Crippen molar-refractivity contribution < 1.29 is 9.50 Å². The van der Waals surface area contributed by atoms with Gasteiger partial charge in [0.2, 0.25) is 0 Å². The van der Waals surface area contributed by atoms with Crippen molar-refractivity contribution in [2.75, 3.05) is 26.4 Å². The third-order valence-electron chi connectivity index (χ3n) is 2.09. The van der Waals surface area contributed by atoms with Gasteiger partial charge in [-0.25, -0.2) is 0 Å². The van der Waals surface area contributed by atoms with Crippen LogP contribution in [0.4, 0.5) is 4.39 Å². The topological polar surface area (TPSA) is 23.5 Å². The number of nitrogens with zero attached hydrogens (tertiary/aromatic N) is 1. The quantitative estimate of drug-likeness (QED) is 0.619. The van der Waals surface area contributed by atoms with Crippen LogP contribution in [-0.4, -0.2) is 42.4 Å². The lowest BCUT2D eigenvalue weighted by Crippen LogP contribution is -2.52. The van der Waals surface area contributed by atoms with E-state index in [9.17, 15) is 4.39 Å². The predicted octanol–water partition coefficient (Wildman–Crippen LogP) is 0.269. The zero-order valence-corrected chi connectivity index (χ0v) is 6.26. The number of aliphatic hydroxyl groups excluding tert-OH is 1. The van der Waals surface area contributed by atoms with Crippen molar-refractivity contribution in [3.63, 3.8) is 0 Å². The number of aliphatic hydroxyl groups is 1. The van der Waals surface area contributed by atoms with E-state index in [2.05, 4.69) is 4.90 Å². The first-order chi connectivity index (χ1) is 4.77. The van der Waals surface area contributed by atoms with Gasteiger partial charge in [0.1, 0.15) is 0 Å². The highest BCUT2D eigenvalue weighted by Gasteiger charge is 2.29. The van der Waals surface area contributed by atoms with E-state index in [-0.39, 0.29) is 25.2 Å². The average Bonchev–Trinajstić information content (AvgIpc) is 1.85. The van der Waals surface area contributed by atoms with E-state index in [1.165, 1.54) is 0 Å². The lowest BCUT2D eigenvalue weighted by Gasteiger charge is -2.41. The summed E-state index contributed by atoms with van der Waals surface area (Å²) in [5.74, 6) is 0.231. The van der Waals surface area contributed by atoms with Crippen molar-refractivity contribution in [2.24, 2.45) is 5.92 Å². The van der Waals surface area contributed by atoms with Gasteiger partial charge in [0.25, 0.3) is 0 Å². The van der Waals surface area contributed by atoms with E-state index in [1.54, 1.807) is 0 Å². The van der Waals surface area contributed by atoms with E-state index in [0.29, 0.717) is 0 Å². The van der Waals surface area contributed by atoms with E-state index < -0.39 is 0 Å². The van der Waals surface area contributed by atoms with E-state index in [1.807, 2.05) is 6.92 Å². The van der Waals surface area contributed by atoms with Gasteiger partial charge in [-0.3, -0.25) is 9.29 Å². The smallest absolute Gasteiger partial charge is 0.0947 e. The maximum absolute atomic E-state index is 11.9. The third-order valence-corrected chi connectivity index (χ3v) is 2.09. The van der Waals surface area contributed by atoms with Crippen LogP contribution in [-0.2, 0) is 0 Å². The van der Waals surface area contributed by atoms with Gasteiger partial charge in [0.05, 0.1) is 13.3 Å². The number of rotatable bonds is 3. The number of likely N-dealkylation sites (tertiary alicyclic amines) is 1. The first-order valence-electron chi connectivity index (χ1n) is 3.68. The minimum absolute atomic E-state index is 0.180. The van der Waals surface area contributed by atoms with Crippen molar-refractivity contribution in [1.29, 1.82) is 0 Å². The molecule has 1 fully saturated rings. The minimum Gasteiger partial charge on any atom is -0.395 e. The van der Waals surface area contributed by atoms with Gasteiger partial charge in [0, 0.05) is 25.0 Å². The second-order valence-electron chi connectivity index (χ2n) is 3.01. The number of hydrogen-bond donors (Lipinski definition) is 1. The van der Waals surface area contributed by atoms with Gasteiger partial charge in [0.15, 0.2) is 0 Å². The van der Waals surface area contributed by atoms with Gasteiger partial charge in [-0.2, -0.15) is 0 Å². The van der Waals surface area contributed by atoms with Crippen LogP contribution in [0.3, 0.4) is 0 Å². The predicted molar refractivity (Wildman–Crippen MR) is 37.6 cm³/mol. The maximum Gasteiger partial charge on any atom is 0.0947 e. The number of halogens is 1. The highest BCUT2D eigenvalue weighted by molar-refractivity contribution is 4.82. The average molecular weight is 147 g/mol. The van der Waals surface area contributed by atoms with Crippen molar-refractivity contribution in [3.05, 3.63) is 0 Å². The summed E-state index contributed by atoms with van der Waals surface area (Å²) in [5, 5.41) is 8.69. The fraction of sp³-hybridized carbons (Fsp3) is 1.00. The van der Waals surface area contributed by atoms with Crippen LogP contribution in [0, 0.1) is 5.92 Å². The lowest BCUT2D eigenvalue weighted by atomic mass is 10.00.